The van der Waals surface area contributed by atoms with E-state index in [4.69, 9.17) is 4.74 Å². The first-order valence-corrected chi connectivity index (χ1v) is 9.75. The van der Waals surface area contributed by atoms with Gasteiger partial charge in [0.25, 0.3) is 0 Å². The fourth-order valence-electron chi connectivity index (χ4n) is 3.80. The van der Waals surface area contributed by atoms with Crippen molar-refractivity contribution >= 4 is 12.1 Å². The number of amides is 1. The second-order valence-corrected chi connectivity index (χ2v) is 7.32. The molecule has 0 aromatic heterocycles. The number of benzene rings is 2. The number of hydrogen-bond donors (Lipinski definition) is 4. The highest BCUT2D eigenvalue weighted by Gasteiger charge is 2.31. The second-order valence-electron chi connectivity index (χ2n) is 7.32. The fourth-order valence-corrected chi connectivity index (χ4v) is 3.80. The van der Waals surface area contributed by atoms with Crippen molar-refractivity contribution < 1.29 is 29.6 Å². The SMILES string of the molecule is CC(O)N(CC(NC(=O)OCC1c2ccccc2-c2ccccc21)C(=O)O)[C@@H](C)O. The van der Waals surface area contributed by atoms with E-state index in [1.54, 1.807) is 0 Å². The van der Waals surface area contributed by atoms with Crippen LogP contribution in [0.25, 0.3) is 11.1 Å². The standard InChI is InChI=1S/C22H26N2O6/c1-13(25)24(14(2)26)11-20(21(27)28)23-22(29)30-12-19-17-9-5-3-7-15(17)16-8-4-6-10-18(16)19/h3-10,13-14,19-20,25-26H,11-12H2,1-2H3,(H,23,29)(H,27,28)/t13-,14?,20?/m1/s1. The van der Waals surface area contributed by atoms with Crippen LogP contribution < -0.4 is 5.32 Å². The van der Waals surface area contributed by atoms with Gasteiger partial charge in [-0.25, -0.2) is 9.59 Å². The lowest BCUT2D eigenvalue weighted by Gasteiger charge is -2.30. The van der Waals surface area contributed by atoms with E-state index in [1.807, 2.05) is 48.5 Å². The minimum atomic E-state index is -1.36. The number of aliphatic hydroxyl groups excluding tert-OH is 2. The van der Waals surface area contributed by atoms with E-state index in [0.717, 1.165) is 27.2 Å². The molecular formula is C22H26N2O6. The maximum absolute atomic E-state index is 12.3. The van der Waals surface area contributed by atoms with Crippen molar-refractivity contribution in [3.05, 3.63) is 59.7 Å². The first-order chi connectivity index (χ1) is 14.3. The normalized spacial score (nSPS) is 15.8. The maximum Gasteiger partial charge on any atom is 0.407 e. The Bertz CT molecular complexity index is 861. The third-order valence-electron chi connectivity index (χ3n) is 5.29. The minimum absolute atomic E-state index is 0.0583. The zero-order valence-corrected chi connectivity index (χ0v) is 16.9. The van der Waals surface area contributed by atoms with Crippen molar-refractivity contribution in [1.82, 2.24) is 10.2 Å². The molecule has 2 unspecified atom stereocenters. The molecule has 0 fully saturated rings. The molecule has 2 aromatic carbocycles. The molecule has 8 nitrogen and oxygen atoms in total. The third-order valence-corrected chi connectivity index (χ3v) is 5.29. The Balaban J connectivity index is 1.67. The van der Waals surface area contributed by atoms with Gasteiger partial charge in [-0.05, 0) is 36.1 Å². The Morgan fingerprint density at radius 1 is 1.00 bits per heavy atom. The van der Waals surface area contributed by atoms with E-state index in [1.165, 1.54) is 13.8 Å². The van der Waals surface area contributed by atoms with Gasteiger partial charge in [0, 0.05) is 12.5 Å². The van der Waals surface area contributed by atoms with Gasteiger partial charge in [-0.1, -0.05) is 48.5 Å². The van der Waals surface area contributed by atoms with Gasteiger partial charge in [-0.15, -0.1) is 0 Å². The zero-order chi connectivity index (χ0) is 21.8. The van der Waals surface area contributed by atoms with Gasteiger partial charge >= 0.3 is 12.1 Å². The molecule has 8 heteroatoms. The van der Waals surface area contributed by atoms with Crippen molar-refractivity contribution in [2.45, 2.75) is 38.3 Å². The highest BCUT2D eigenvalue weighted by Crippen LogP contribution is 2.44. The van der Waals surface area contributed by atoms with E-state index in [0.29, 0.717) is 0 Å². The van der Waals surface area contributed by atoms with Gasteiger partial charge < -0.3 is 25.4 Å². The molecule has 0 heterocycles. The molecule has 4 N–H and O–H groups in total. The lowest BCUT2D eigenvalue weighted by atomic mass is 9.98. The highest BCUT2D eigenvalue weighted by atomic mass is 16.5. The quantitative estimate of drug-likeness (QED) is 0.488. The summed E-state index contributed by atoms with van der Waals surface area (Å²) in [6.45, 7) is 2.58. The molecule has 0 saturated carbocycles. The van der Waals surface area contributed by atoms with Crippen molar-refractivity contribution in [2.75, 3.05) is 13.2 Å². The molecule has 0 radical (unpaired) electrons. The number of fused-ring (bicyclic) bond motifs is 3. The van der Waals surface area contributed by atoms with Crippen molar-refractivity contribution in [3.63, 3.8) is 0 Å². The summed E-state index contributed by atoms with van der Waals surface area (Å²) in [5, 5.41) is 31.1. The molecule has 1 aliphatic rings. The molecule has 1 aliphatic carbocycles. The second kappa shape index (κ2) is 9.25. The van der Waals surface area contributed by atoms with Crippen molar-refractivity contribution in [1.29, 1.82) is 0 Å². The largest absolute Gasteiger partial charge is 0.480 e. The van der Waals surface area contributed by atoms with Crippen molar-refractivity contribution in [3.8, 4) is 11.1 Å². The van der Waals surface area contributed by atoms with Gasteiger partial charge in [0.2, 0.25) is 0 Å². The summed E-state index contributed by atoms with van der Waals surface area (Å²) < 4.78 is 5.37. The number of hydrogen-bond acceptors (Lipinski definition) is 6. The molecule has 0 saturated heterocycles. The molecule has 0 aliphatic heterocycles. The predicted octanol–water partition coefficient (Wildman–Crippen LogP) is 1.96. The van der Waals surface area contributed by atoms with Gasteiger partial charge in [0.15, 0.2) is 0 Å². The van der Waals surface area contributed by atoms with Crippen LogP contribution in [0.4, 0.5) is 4.79 Å². The molecule has 0 spiro atoms. The summed E-state index contributed by atoms with van der Waals surface area (Å²) in [7, 11) is 0. The van der Waals surface area contributed by atoms with E-state index in [-0.39, 0.29) is 19.1 Å². The monoisotopic (exact) mass is 414 g/mol. The van der Waals surface area contributed by atoms with Crippen LogP contribution in [0.15, 0.2) is 48.5 Å². The van der Waals surface area contributed by atoms with Crippen LogP contribution in [0.2, 0.25) is 0 Å². The molecule has 2 aromatic rings. The summed E-state index contributed by atoms with van der Waals surface area (Å²) in [5.41, 5.74) is 4.29. The Labute approximate surface area is 174 Å². The lowest BCUT2D eigenvalue weighted by Crippen LogP contribution is -2.53. The van der Waals surface area contributed by atoms with Crippen LogP contribution in [0, 0.1) is 0 Å². The molecule has 3 atom stereocenters. The number of nitrogens with zero attached hydrogens (tertiary/aromatic N) is 1. The number of carbonyl (C=O) groups is 2. The van der Waals surface area contributed by atoms with Gasteiger partial charge in [0.1, 0.15) is 25.1 Å². The fraction of sp³-hybridized carbons (Fsp3) is 0.364. The molecule has 160 valence electrons. The number of rotatable bonds is 8. The van der Waals surface area contributed by atoms with Crippen LogP contribution in [-0.4, -0.2) is 63.9 Å². The first-order valence-electron chi connectivity index (χ1n) is 9.75. The average molecular weight is 414 g/mol. The molecule has 0 bridgehead atoms. The van der Waals surface area contributed by atoms with Crippen LogP contribution in [0.1, 0.15) is 30.9 Å². The number of carbonyl (C=O) groups excluding carboxylic acids is 1. The molecule has 1 amide bonds. The van der Waals surface area contributed by atoms with Crippen LogP contribution >= 0.6 is 0 Å². The van der Waals surface area contributed by atoms with Gasteiger partial charge in [-0.3, -0.25) is 4.90 Å². The average Bonchev–Trinajstić information content (AvgIpc) is 3.02. The maximum atomic E-state index is 12.3. The third kappa shape index (κ3) is 4.62. The molecule has 3 rings (SSSR count). The van der Waals surface area contributed by atoms with E-state index < -0.39 is 30.6 Å². The summed E-state index contributed by atoms with van der Waals surface area (Å²) in [4.78, 5) is 25.0. The minimum Gasteiger partial charge on any atom is -0.480 e. The Kier molecular flexibility index (Phi) is 6.71. The van der Waals surface area contributed by atoms with E-state index >= 15 is 0 Å². The Morgan fingerprint density at radius 3 is 1.97 bits per heavy atom. The summed E-state index contributed by atoms with van der Waals surface area (Å²) in [6, 6.07) is 14.4. The summed E-state index contributed by atoms with van der Waals surface area (Å²) >= 11 is 0. The number of carboxylic acids is 1. The first kappa shape index (κ1) is 21.8. The predicted molar refractivity (Wildman–Crippen MR) is 110 cm³/mol. The van der Waals surface area contributed by atoms with Crippen LogP contribution in [0.5, 0.6) is 0 Å². The molecular weight excluding hydrogens is 388 g/mol. The lowest BCUT2D eigenvalue weighted by molar-refractivity contribution is -0.143. The summed E-state index contributed by atoms with van der Waals surface area (Å²) in [6.07, 6.45) is -3.05. The van der Waals surface area contributed by atoms with E-state index in [9.17, 15) is 24.9 Å². The number of carboxylic acid groups (broad SMARTS) is 1. The molecule has 30 heavy (non-hydrogen) atoms. The number of alkyl carbamates (subject to hydrolysis) is 1. The Hall–Kier alpha value is -2.94. The van der Waals surface area contributed by atoms with Crippen LogP contribution in [0.3, 0.4) is 0 Å². The van der Waals surface area contributed by atoms with E-state index in [2.05, 4.69) is 5.32 Å². The number of ether oxygens (including phenoxy) is 1. The smallest absolute Gasteiger partial charge is 0.407 e. The number of nitrogens with one attached hydrogen (secondary N) is 1. The summed E-state index contributed by atoms with van der Waals surface area (Å²) in [5.74, 6) is -1.44. The zero-order valence-electron chi connectivity index (χ0n) is 16.9. The number of aliphatic carboxylic acids is 1. The number of aliphatic hydroxyl groups is 2. The van der Waals surface area contributed by atoms with Crippen molar-refractivity contribution in [2.24, 2.45) is 0 Å². The topological polar surface area (TPSA) is 119 Å². The highest BCUT2D eigenvalue weighted by molar-refractivity contribution is 5.81. The van der Waals surface area contributed by atoms with Crippen LogP contribution in [-0.2, 0) is 9.53 Å². The van der Waals surface area contributed by atoms with Gasteiger partial charge in [0.05, 0.1) is 0 Å². The van der Waals surface area contributed by atoms with Gasteiger partial charge in [-0.2, -0.15) is 0 Å². The Morgan fingerprint density at radius 2 is 1.50 bits per heavy atom.